The monoisotopic (exact) mass is 184 g/mol. The lowest BCUT2D eigenvalue weighted by Crippen LogP contribution is -1.83. The van der Waals surface area contributed by atoms with Gasteiger partial charge in [0.1, 0.15) is 0 Å². The summed E-state index contributed by atoms with van der Waals surface area (Å²) in [5.74, 6) is 0. The Hall–Kier alpha value is -1.56. The molecule has 0 heterocycles. The first kappa shape index (κ1) is 10.5. The predicted molar refractivity (Wildman–Crippen MR) is 64.0 cm³/mol. The number of allylic oxidation sites excluding steroid dienone is 4. The number of rotatable bonds is 4. The van der Waals surface area contributed by atoms with Crippen molar-refractivity contribution >= 4 is 5.57 Å². The lowest BCUT2D eigenvalue weighted by Gasteiger charge is -2.05. The maximum atomic E-state index is 4.07. The highest BCUT2D eigenvalue weighted by Crippen LogP contribution is 2.19. The van der Waals surface area contributed by atoms with Gasteiger partial charge < -0.3 is 0 Å². The van der Waals surface area contributed by atoms with Crippen molar-refractivity contribution in [2.45, 2.75) is 13.3 Å². The molecule has 0 aliphatic rings. The molecule has 0 aliphatic carbocycles. The Morgan fingerprint density at radius 2 is 1.93 bits per heavy atom. The highest BCUT2D eigenvalue weighted by molar-refractivity contribution is 5.65. The summed E-state index contributed by atoms with van der Waals surface area (Å²) < 4.78 is 0. The first-order valence-electron chi connectivity index (χ1n) is 4.75. The maximum absolute atomic E-state index is 4.07. The van der Waals surface area contributed by atoms with Crippen molar-refractivity contribution in [3.05, 3.63) is 66.8 Å². The average molecular weight is 184 g/mol. The van der Waals surface area contributed by atoms with Crippen LogP contribution in [0.15, 0.2) is 61.2 Å². The summed E-state index contributed by atoms with van der Waals surface area (Å²) in [6, 6.07) is 10.3. The summed E-state index contributed by atoms with van der Waals surface area (Å²) >= 11 is 0. The summed E-state index contributed by atoms with van der Waals surface area (Å²) in [7, 11) is 0. The van der Waals surface area contributed by atoms with Crippen LogP contribution in [0.4, 0.5) is 0 Å². The van der Waals surface area contributed by atoms with Crippen molar-refractivity contribution in [3.8, 4) is 0 Å². The van der Waals surface area contributed by atoms with E-state index in [0.29, 0.717) is 0 Å². The zero-order chi connectivity index (χ0) is 10.4. The fraction of sp³-hybridized carbons (Fsp3) is 0.143. The molecular formula is C14H16. The van der Waals surface area contributed by atoms with Crippen molar-refractivity contribution in [3.63, 3.8) is 0 Å². The van der Waals surface area contributed by atoms with Gasteiger partial charge in [-0.25, -0.2) is 0 Å². The molecule has 14 heavy (non-hydrogen) atoms. The molecule has 0 amide bonds. The highest BCUT2D eigenvalue weighted by Gasteiger charge is 1.97. The molecule has 1 aromatic rings. The fourth-order valence-electron chi connectivity index (χ4n) is 1.37. The van der Waals surface area contributed by atoms with Crippen LogP contribution < -0.4 is 0 Å². The van der Waals surface area contributed by atoms with Gasteiger partial charge in [0.05, 0.1) is 0 Å². The van der Waals surface area contributed by atoms with E-state index < -0.39 is 0 Å². The standard InChI is InChI=1S/C14H16/c1-4-8-12(2)11-13(3)14-9-6-5-7-10-14/h4-10H,1,3,11H2,2H3/b12-8+. The molecule has 72 valence electrons. The third kappa shape index (κ3) is 3.06. The molecule has 0 heteroatoms. The molecule has 0 saturated carbocycles. The molecule has 0 atom stereocenters. The van der Waals surface area contributed by atoms with Crippen molar-refractivity contribution in [1.82, 2.24) is 0 Å². The molecule has 0 spiro atoms. The average Bonchev–Trinajstić information content (AvgIpc) is 2.19. The summed E-state index contributed by atoms with van der Waals surface area (Å²) in [5, 5.41) is 0. The maximum Gasteiger partial charge on any atom is -0.00667 e. The van der Waals surface area contributed by atoms with Gasteiger partial charge in [-0.2, -0.15) is 0 Å². The van der Waals surface area contributed by atoms with E-state index >= 15 is 0 Å². The predicted octanol–water partition coefficient (Wildman–Crippen LogP) is 4.22. The summed E-state index contributed by atoms with van der Waals surface area (Å²) in [6.45, 7) is 9.84. The zero-order valence-corrected chi connectivity index (χ0v) is 8.66. The van der Waals surface area contributed by atoms with Crippen LogP contribution in [0.25, 0.3) is 5.57 Å². The number of benzene rings is 1. The number of hydrogen-bond donors (Lipinski definition) is 0. The van der Waals surface area contributed by atoms with Crippen LogP contribution >= 0.6 is 0 Å². The van der Waals surface area contributed by atoms with Gasteiger partial charge in [-0.3, -0.25) is 0 Å². The molecule has 0 bridgehead atoms. The van der Waals surface area contributed by atoms with E-state index in [0.717, 1.165) is 12.0 Å². The number of hydrogen-bond acceptors (Lipinski definition) is 0. The van der Waals surface area contributed by atoms with Gasteiger partial charge in [0.2, 0.25) is 0 Å². The minimum atomic E-state index is 0.913. The van der Waals surface area contributed by atoms with Crippen molar-refractivity contribution in [2.24, 2.45) is 0 Å². The zero-order valence-electron chi connectivity index (χ0n) is 8.66. The second-order valence-electron chi connectivity index (χ2n) is 3.40. The smallest absolute Gasteiger partial charge is 0.00667 e. The molecule has 0 nitrogen and oxygen atoms in total. The minimum absolute atomic E-state index is 0.913. The Balaban J connectivity index is 2.69. The van der Waals surface area contributed by atoms with E-state index in [2.05, 4.69) is 32.2 Å². The van der Waals surface area contributed by atoms with Gasteiger partial charge in [0, 0.05) is 0 Å². The Morgan fingerprint density at radius 3 is 2.50 bits per heavy atom. The molecule has 0 aliphatic heterocycles. The van der Waals surface area contributed by atoms with Gasteiger partial charge >= 0.3 is 0 Å². The summed E-state index contributed by atoms with van der Waals surface area (Å²) in [5.41, 5.74) is 3.65. The van der Waals surface area contributed by atoms with Crippen LogP contribution in [0, 0.1) is 0 Å². The van der Waals surface area contributed by atoms with E-state index in [1.807, 2.05) is 30.4 Å². The molecular weight excluding hydrogens is 168 g/mol. The van der Waals surface area contributed by atoms with E-state index in [4.69, 9.17) is 0 Å². The molecule has 0 fully saturated rings. The molecule has 0 unspecified atom stereocenters. The largest absolute Gasteiger partial charge is 0.0991 e. The normalized spacial score (nSPS) is 11.1. The van der Waals surface area contributed by atoms with E-state index in [-0.39, 0.29) is 0 Å². The van der Waals surface area contributed by atoms with Crippen molar-refractivity contribution in [2.75, 3.05) is 0 Å². The quantitative estimate of drug-likeness (QED) is 0.614. The molecule has 0 saturated heterocycles. The Morgan fingerprint density at radius 1 is 1.29 bits per heavy atom. The lowest BCUT2D eigenvalue weighted by atomic mass is 10.0. The Kier molecular flexibility index (Phi) is 3.93. The van der Waals surface area contributed by atoms with Gasteiger partial charge in [0.25, 0.3) is 0 Å². The van der Waals surface area contributed by atoms with E-state index in [1.165, 1.54) is 11.1 Å². The lowest BCUT2D eigenvalue weighted by molar-refractivity contribution is 1.23. The van der Waals surface area contributed by atoms with Crippen LogP contribution in [-0.2, 0) is 0 Å². The second kappa shape index (κ2) is 5.23. The Bertz CT molecular complexity index is 342. The van der Waals surface area contributed by atoms with Gasteiger partial charge in [-0.1, -0.05) is 61.2 Å². The van der Waals surface area contributed by atoms with Crippen molar-refractivity contribution in [1.29, 1.82) is 0 Å². The summed E-state index contributed by atoms with van der Waals surface area (Å²) in [4.78, 5) is 0. The van der Waals surface area contributed by atoms with Crippen LogP contribution in [-0.4, -0.2) is 0 Å². The first-order chi connectivity index (χ1) is 6.74. The molecule has 0 N–H and O–H groups in total. The second-order valence-corrected chi connectivity index (χ2v) is 3.40. The minimum Gasteiger partial charge on any atom is -0.0991 e. The van der Waals surface area contributed by atoms with Crippen LogP contribution in [0.3, 0.4) is 0 Å². The van der Waals surface area contributed by atoms with E-state index in [1.54, 1.807) is 0 Å². The SMILES string of the molecule is C=C/C=C(\C)CC(=C)c1ccccc1. The van der Waals surface area contributed by atoms with Gasteiger partial charge in [-0.05, 0) is 24.5 Å². The molecule has 1 rings (SSSR count). The third-order valence-electron chi connectivity index (χ3n) is 2.08. The first-order valence-corrected chi connectivity index (χ1v) is 4.75. The topological polar surface area (TPSA) is 0 Å². The van der Waals surface area contributed by atoms with Crippen LogP contribution in [0.1, 0.15) is 18.9 Å². The molecule has 0 aromatic heterocycles. The molecule has 1 aromatic carbocycles. The summed E-state index contributed by atoms with van der Waals surface area (Å²) in [6.07, 6.45) is 4.75. The molecule has 0 radical (unpaired) electrons. The Labute approximate surface area is 86.3 Å². The van der Waals surface area contributed by atoms with Crippen molar-refractivity contribution < 1.29 is 0 Å². The third-order valence-corrected chi connectivity index (χ3v) is 2.08. The fourth-order valence-corrected chi connectivity index (χ4v) is 1.37. The van der Waals surface area contributed by atoms with E-state index in [9.17, 15) is 0 Å². The van der Waals surface area contributed by atoms with Crippen LogP contribution in [0.5, 0.6) is 0 Å². The van der Waals surface area contributed by atoms with Crippen LogP contribution in [0.2, 0.25) is 0 Å². The van der Waals surface area contributed by atoms with Gasteiger partial charge in [0.15, 0.2) is 0 Å². The van der Waals surface area contributed by atoms with Gasteiger partial charge in [-0.15, -0.1) is 0 Å². The highest BCUT2D eigenvalue weighted by atomic mass is 14.0.